The number of benzene rings is 1. The lowest BCUT2D eigenvalue weighted by Gasteiger charge is -2.05. The zero-order chi connectivity index (χ0) is 16.5. The zero-order valence-electron chi connectivity index (χ0n) is 12.9. The molecule has 0 aliphatic rings. The van der Waals surface area contributed by atoms with Gasteiger partial charge in [-0.3, -0.25) is 10.00 Å². The van der Waals surface area contributed by atoms with Crippen molar-refractivity contribution in [3.8, 4) is 17.6 Å². The van der Waals surface area contributed by atoms with Crippen LogP contribution < -0.4 is 14.8 Å². The van der Waals surface area contributed by atoms with E-state index in [1.807, 2.05) is 0 Å². The Morgan fingerprint density at radius 1 is 1.30 bits per heavy atom. The van der Waals surface area contributed by atoms with E-state index in [-0.39, 0.29) is 0 Å². The maximum Gasteiger partial charge on any atom is 0.417 e. The number of anilines is 1. The van der Waals surface area contributed by atoms with Crippen molar-refractivity contribution in [2.24, 2.45) is 0 Å². The van der Waals surface area contributed by atoms with Gasteiger partial charge in [0.1, 0.15) is 11.5 Å². The lowest BCUT2D eigenvalue weighted by atomic mass is 10.2. The lowest BCUT2D eigenvalue weighted by Crippen LogP contribution is -2.16. The fraction of sp³-hybridized carbons (Fsp3) is 0.312. The Kier molecular flexibility index (Phi) is 6.00. The van der Waals surface area contributed by atoms with Crippen molar-refractivity contribution >= 4 is 11.8 Å². The van der Waals surface area contributed by atoms with Gasteiger partial charge in [-0.1, -0.05) is 0 Å². The second-order valence-electron chi connectivity index (χ2n) is 4.80. The molecule has 1 aromatic carbocycles. The zero-order valence-corrected chi connectivity index (χ0v) is 12.9. The van der Waals surface area contributed by atoms with Gasteiger partial charge in [-0.2, -0.15) is 10.4 Å². The number of carbonyl (C=O) groups is 1. The van der Waals surface area contributed by atoms with Crippen molar-refractivity contribution in [3.63, 3.8) is 0 Å². The molecule has 0 saturated heterocycles. The number of unbranched alkanes of at least 4 members (excludes halogenated alkanes) is 2. The predicted octanol–water partition coefficient (Wildman–Crippen LogP) is 3.20. The number of nitrogens with zero attached hydrogens (tertiary/aromatic N) is 3. The summed E-state index contributed by atoms with van der Waals surface area (Å²) in [7, 11) is 1.57. The fourth-order valence-electron chi connectivity index (χ4n) is 1.92. The van der Waals surface area contributed by atoms with Crippen molar-refractivity contribution in [2.45, 2.75) is 25.8 Å². The molecule has 2 aromatic rings. The molecule has 0 unspecified atom stereocenters. The van der Waals surface area contributed by atoms with Crippen LogP contribution in [-0.4, -0.2) is 23.0 Å². The Morgan fingerprint density at radius 3 is 2.74 bits per heavy atom. The minimum atomic E-state index is -0.584. The lowest BCUT2D eigenvalue weighted by molar-refractivity contribution is 0.215. The van der Waals surface area contributed by atoms with Gasteiger partial charge in [0.2, 0.25) is 0 Å². The quantitative estimate of drug-likeness (QED) is 0.793. The van der Waals surface area contributed by atoms with Crippen LogP contribution >= 0.6 is 0 Å². The normalized spacial score (nSPS) is 9.91. The molecule has 0 saturated carbocycles. The van der Waals surface area contributed by atoms with Gasteiger partial charge in [-0.25, -0.2) is 4.79 Å². The van der Waals surface area contributed by atoms with E-state index in [2.05, 4.69) is 16.5 Å². The number of hydrogen-bond acceptors (Lipinski definition) is 5. The smallest absolute Gasteiger partial charge is 0.417 e. The van der Waals surface area contributed by atoms with Crippen LogP contribution in [0.15, 0.2) is 36.7 Å². The Morgan fingerprint density at radius 2 is 2.04 bits per heavy atom. The third-order valence-electron chi connectivity index (χ3n) is 3.08. The third-order valence-corrected chi connectivity index (χ3v) is 3.08. The molecular formula is C16H18N4O3. The van der Waals surface area contributed by atoms with Gasteiger partial charge in [-0.15, -0.1) is 0 Å². The summed E-state index contributed by atoms with van der Waals surface area (Å²) in [4.78, 5) is 11.8. The highest BCUT2D eigenvalue weighted by molar-refractivity contribution is 5.85. The Bertz CT molecular complexity index is 673. The minimum Gasteiger partial charge on any atom is -0.497 e. The molecule has 23 heavy (non-hydrogen) atoms. The van der Waals surface area contributed by atoms with Gasteiger partial charge in [-0.05, 0) is 37.1 Å². The summed E-state index contributed by atoms with van der Waals surface area (Å²) in [6.07, 6.45) is 4.94. The number of aryl methyl sites for hydroxylation is 1. The van der Waals surface area contributed by atoms with E-state index in [4.69, 9.17) is 14.7 Å². The highest BCUT2D eigenvalue weighted by Crippen LogP contribution is 2.17. The van der Waals surface area contributed by atoms with Crippen LogP contribution in [0.25, 0.3) is 0 Å². The molecule has 0 fully saturated rings. The number of hydrogen-bond donors (Lipinski definition) is 1. The van der Waals surface area contributed by atoms with Crippen LogP contribution in [0.3, 0.4) is 0 Å². The van der Waals surface area contributed by atoms with Gasteiger partial charge in [0.05, 0.1) is 25.1 Å². The molecule has 120 valence electrons. The number of rotatable bonds is 7. The maximum absolute atomic E-state index is 11.8. The molecule has 0 spiro atoms. The molecule has 0 atom stereocenters. The summed E-state index contributed by atoms with van der Waals surface area (Å²) in [5.41, 5.74) is 0.559. The maximum atomic E-state index is 11.8. The third kappa shape index (κ3) is 5.36. The number of amides is 1. The highest BCUT2D eigenvalue weighted by atomic mass is 16.6. The second kappa shape index (κ2) is 8.44. The summed E-state index contributed by atoms with van der Waals surface area (Å²) >= 11 is 0. The topological polar surface area (TPSA) is 89.2 Å². The first-order valence-corrected chi connectivity index (χ1v) is 7.23. The molecule has 7 heteroatoms. The van der Waals surface area contributed by atoms with Gasteiger partial charge in [0, 0.05) is 19.2 Å². The van der Waals surface area contributed by atoms with Crippen LogP contribution in [0.1, 0.15) is 19.3 Å². The van der Waals surface area contributed by atoms with E-state index in [9.17, 15) is 4.79 Å². The van der Waals surface area contributed by atoms with E-state index < -0.39 is 6.09 Å². The van der Waals surface area contributed by atoms with Crippen LogP contribution in [0.2, 0.25) is 0 Å². The molecule has 1 amide bonds. The molecule has 1 heterocycles. The number of aromatic nitrogens is 2. The van der Waals surface area contributed by atoms with Crippen molar-refractivity contribution in [2.75, 3.05) is 12.4 Å². The van der Waals surface area contributed by atoms with Crippen LogP contribution in [0, 0.1) is 11.3 Å². The van der Waals surface area contributed by atoms with E-state index in [1.165, 1.54) is 0 Å². The van der Waals surface area contributed by atoms with Crippen LogP contribution in [-0.2, 0) is 6.54 Å². The van der Waals surface area contributed by atoms with Crippen molar-refractivity contribution in [3.05, 3.63) is 36.7 Å². The van der Waals surface area contributed by atoms with Crippen molar-refractivity contribution < 1.29 is 14.3 Å². The Labute approximate surface area is 134 Å². The summed E-state index contributed by atoms with van der Waals surface area (Å²) < 4.78 is 11.9. The molecule has 2 rings (SSSR count). The van der Waals surface area contributed by atoms with Gasteiger partial charge < -0.3 is 9.47 Å². The summed E-state index contributed by atoms with van der Waals surface area (Å²) in [6.45, 7) is 0.705. The summed E-state index contributed by atoms with van der Waals surface area (Å²) in [5.74, 6) is 1.11. The van der Waals surface area contributed by atoms with Crippen molar-refractivity contribution in [1.29, 1.82) is 5.26 Å². The molecule has 7 nitrogen and oxygen atoms in total. The van der Waals surface area contributed by atoms with E-state index in [0.29, 0.717) is 30.2 Å². The Hall–Kier alpha value is -3.01. The number of carbonyl (C=O) groups excluding carboxylic acids is 1. The first-order chi connectivity index (χ1) is 11.2. The van der Waals surface area contributed by atoms with Crippen LogP contribution in [0.4, 0.5) is 10.5 Å². The predicted molar refractivity (Wildman–Crippen MR) is 84.3 cm³/mol. The molecule has 1 aromatic heterocycles. The average molecular weight is 314 g/mol. The molecule has 1 N–H and O–H groups in total. The van der Waals surface area contributed by atoms with Crippen molar-refractivity contribution in [1.82, 2.24) is 9.78 Å². The number of nitrogens with one attached hydrogen (secondary N) is 1. The molecule has 0 radical (unpaired) electrons. The largest absolute Gasteiger partial charge is 0.497 e. The number of nitriles is 1. The average Bonchev–Trinajstić information content (AvgIpc) is 2.99. The first-order valence-electron chi connectivity index (χ1n) is 7.23. The van der Waals surface area contributed by atoms with E-state index in [1.54, 1.807) is 48.5 Å². The van der Waals surface area contributed by atoms with E-state index in [0.717, 1.165) is 12.8 Å². The van der Waals surface area contributed by atoms with Gasteiger partial charge in [0.15, 0.2) is 0 Å². The number of ether oxygens (including phenoxy) is 2. The Balaban J connectivity index is 1.80. The minimum absolute atomic E-state index is 0.423. The van der Waals surface area contributed by atoms with E-state index >= 15 is 0 Å². The molecule has 0 aliphatic heterocycles. The van der Waals surface area contributed by atoms with Gasteiger partial charge in [0.25, 0.3) is 0 Å². The molecular weight excluding hydrogens is 296 g/mol. The summed E-state index contributed by atoms with van der Waals surface area (Å²) in [6, 6.07) is 8.82. The first kappa shape index (κ1) is 16.4. The molecule has 0 bridgehead atoms. The number of methoxy groups -OCH3 is 1. The van der Waals surface area contributed by atoms with Crippen LogP contribution in [0.5, 0.6) is 11.5 Å². The molecule has 0 aliphatic carbocycles. The monoisotopic (exact) mass is 314 g/mol. The van der Waals surface area contributed by atoms with Gasteiger partial charge >= 0.3 is 6.09 Å². The summed E-state index contributed by atoms with van der Waals surface area (Å²) in [5, 5.41) is 15.2. The SMILES string of the molecule is COc1ccc(OC(=O)Nc2cnn(CCCCC#N)c2)cc1. The highest BCUT2D eigenvalue weighted by Gasteiger charge is 2.07. The standard InChI is InChI=1S/C16H18N4O3/c1-22-14-5-7-15(8-6-14)23-16(21)19-13-11-18-20(12-13)10-4-2-3-9-17/h5-8,11-12H,2-4,10H2,1H3,(H,19,21). The second-order valence-corrected chi connectivity index (χ2v) is 4.80. The fourth-order valence-corrected chi connectivity index (χ4v) is 1.92.